The third-order valence-electron chi connectivity index (χ3n) is 1.67. The van der Waals surface area contributed by atoms with E-state index in [2.05, 4.69) is 11.6 Å². The summed E-state index contributed by atoms with van der Waals surface area (Å²) in [6, 6.07) is -0.514. The highest BCUT2D eigenvalue weighted by Crippen LogP contribution is 2.36. The maximum absolute atomic E-state index is 5.89. The van der Waals surface area contributed by atoms with Crippen molar-refractivity contribution in [2.24, 2.45) is 5.73 Å². The second kappa shape index (κ2) is 4.36. The average Bonchev–Trinajstić information content (AvgIpc) is 2.19. The maximum Gasteiger partial charge on any atom is 0.150 e. The molecule has 1 rings (SSSR count). The van der Waals surface area contributed by atoms with Gasteiger partial charge in [-0.25, -0.2) is 4.98 Å². The zero-order valence-corrected chi connectivity index (χ0v) is 9.37. The molecule has 0 spiro atoms. The van der Waals surface area contributed by atoms with Crippen LogP contribution in [0.4, 0.5) is 5.69 Å². The molecule has 1 aromatic rings. The van der Waals surface area contributed by atoms with Crippen molar-refractivity contribution in [3.8, 4) is 0 Å². The van der Waals surface area contributed by atoms with E-state index in [0.717, 1.165) is 0 Å². The highest BCUT2D eigenvalue weighted by Gasteiger charge is 2.16. The molecule has 76 valence electrons. The first-order valence-electron chi connectivity index (χ1n) is 3.67. The maximum atomic E-state index is 5.89. The minimum absolute atomic E-state index is 0.0841. The monoisotopic (exact) mass is 251 g/mol. The Balaban J connectivity index is 3.40. The predicted octanol–water partition coefficient (Wildman–Crippen LogP) is 2.81. The minimum Gasteiger partial charge on any atom is -0.396 e. The Morgan fingerprint density at radius 3 is 2.36 bits per heavy atom. The lowest BCUT2D eigenvalue weighted by molar-refractivity contribution is 0.866. The molecule has 1 atom stereocenters. The fourth-order valence-corrected chi connectivity index (χ4v) is 1.52. The third-order valence-corrected chi connectivity index (χ3v) is 2.82. The number of hydrogen-bond donors (Lipinski definition) is 2. The number of nitrogen functional groups attached to an aromatic ring is 1. The fraction of sp³-hybridized carbons (Fsp3) is 0.125. The molecule has 0 amide bonds. The SMILES string of the molecule is C=C[C@@H](N)c1nc(Cl)c(Cl)c(N)c1Cl. The van der Waals surface area contributed by atoms with Crippen LogP contribution in [0.5, 0.6) is 0 Å². The molecule has 0 fully saturated rings. The molecule has 0 unspecified atom stereocenters. The van der Waals surface area contributed by atoms with Gasteiger partial charge in [0.15, 0.2) is 0 Å². The second-order valence-electron chi connectivity index (χ2n) is 2.59. The minimum atomic E-state index is -0.514. The highest BCUT2D eigenvalue weighted by molar-refractivity contribution is 6.45. The van der Waals surface area contributed by atoms with Crippen LogP contribution < -0.4 is 11.5 Å². The van der Waals surface area contributed by atoms with E-state index in [1.807, 2.05) is 0 Å². The van der Waals surface area contributed by atoms with Crippen molar-refractivity contribution in [2.45, 2.75) is 6.04 Å². The molecule has 1 aromatic heterocycles. The van der Waals surface area contributed by atoms with Gasteiger partial charge in [-0.15, -0.1) is 6.58 Å². The number of aromatic nitrogens is 1. The number of hydrogen-bond acceptors (Lipinski definition) is 3. The molecule has 0 aromatic carbocycles. The first-order valence-corrected chi connectivity index (χ1v) is 4.80. The molecule has 3 nitrogen and oxygen atoms in total. The van der Waals surface area contributed by atoms with Crippen molar-refractivity contribution in [1.29, 1.82) is 0 Å². The van der Waals surface area contributed by atoms with Crippen LogP contribution in [0.15, 0.2) is 12.7 Å². The van der Waals surface area contributed by atoms with Gasteiger partial charge in [-0.2, -0.15) is 0 Å². The number of rotatable bonds is 2. The van der Waals surface area contributed by atoms with Crippen molar-refractivity contribution < 1.29 is 0 Å². The highest BCUT2D eigenvalue weighted by atomic mass is 35.5. The first kappa shape index (κ1) is 11.6. The average molecular weight is 253 g/mol. The summed E-state index contributed by atoms with van der Waals surface area (Å²) in [5, 5.41) is 0.435. The van der Waals surface area contributed by atoms with Gasteiger partial charge in [-0.05, 0) is 0 Å². The number of nitrogens with zero attached hydrogens (tertiary/aromatic N) is 1. The van der Waals surface area contributed by atoms with Crippen LogP contribution in [0.25, 0.3) is 0 Å². The van der Waals surface area contributed by atoms with Gasteiger partial charge in [0, 0.05) is 0 Å². The van der Waals surface area contributed by atoms with E-state index in [-0.39, 0.29) is 20.9 Å². The van der Waals surface area contributed by atoms with Gasteiger partial charge in [-0.3, -0.25) is 0 Å². The van der Waals surface area contributed by atoms with Gasteiger partial charge in [0.1, 0.15) is 10.2 Å². The Bertz CT molecular complexity index is 379. The van der Waals surface area contributed by atoms with Crippen LogP contribution in [-0.4, -0.2) is 4.98 Å². The molecule has 4 N–H and O–H groups in total. The van der Waals surface area contributed by atoms with E-state index >= 15 is 0 Å². The number of halogens is 3. The van der Waals surface area contributed by atoms with Crippen molar-refractivity contribution in [2.75, 3.05) is 5.73 Å². The van der Waals surface area contributed by atoms with Crippen molar-refractivity contribution in [3.63, 3.8) is 0 Å². The van der Waals surface area contributed by atoms with E-state index in [1.54, 1.807) is 0 Å². The number of pyridine rings is 1. The normalized spacial score (nSPS) is 12.6. The van der Waals surface area contributed by atoms with Crippen LogP contribution in [0, 0.1) is 0 Å². The molecule has 0 aliphatic carbocycles. The predicted molar refractivity (Wildman–Crippen MR) is 60.8 cm³/mol. The number of nitrogens with two attached hydrogens (primary N) is 2. The summed E-state index contributed by atoms with van der Waals surface area (Å²) >= 11 is 17.3. The fourth-order valence-electron chi connectivity index (χ4n) is 0.882. The van der Waals surface area contributed by atoms with Gasteiger partial charge in [-0.1, -0.05) is 40.9 Å². The van der Waals surface area contributed by atoms with Crippen LogP contribution in [0.1, 0.15) is 11.7 Å². The molecular weight excluding hydrogens is 244 g/mol. The molecule has 6 heteroatoms. The van der Waals surface area contributed by atoms with E-state index in [1.165, 1.54) is 6.08 Å². The van der Waals surface area contributed by atoms with Gasteiger partial charge in [0.05, 0.1) is 22.4 Å². The molecular formula is C8H8Cl3N3. The topological polar surface area (TPSA) is 64.9 Å². The zero-order valence-electron chi connectivity index (χ0n) is 7.10. The smallest absolute Gasteiger partial charge is 0.150 e. The van der Waals surface area contributed by atoms with Crippen LogP contribution in [0.2, 0.25) is 15.2 Å². The molecule has 14 heavy (non-hydrogen) atoms. The second-order valence-corrected chi connectivity index (χ2v) is 3.70. The zero-order chi connectivity index (χ0) is 10.9. The van der Waals surface area contributed by atoms with Gasteiger partial charge < -0.3 is 11.5 Å². The van der Waals surface area contributed by atoms with Gasteiger partial charge >= 0.3 is 0 Å². The Hall–Kier alpha value is -0.480. The summed E-state index contributed by atoms with van der Waals surface area (Å²) < 4.78 is 0. The molecule has 0 saturated carbocycles. The third kappa shape index (κ3) is 1.96. The van der Waals surface area contributed by atoms with E-state index in [4.69, 9.17) is 46.3 Å². The summed E-state index contributed by atoms with van der Waals surface area (Å²) in [5.74, 6) is 0. The molecule has 0 aliphatic heterocycles. The van der Waals surface area contributed by atoms with E-state index in [9.17, 15) is 0 Å². The molecule has 0 saturated heterocycles. The standard InChI is InChI=1S/C8H8Cl3N3/c1-2-3(12)7-4(9)6(13)5(10)8(11)14-7/h2-3H,1,12H2,(H2,13,14)/t3-/m1/s1. The lowest BCUT2D eigenvalue weighted by Crippen LogP contribution is -2.11. The molecule has 1 heterocycles. The van der Waals surface area contributed by atoms with Gasteiger partial charge in [0.25, 0.3) is 0 Å². The Labute approximate surface area is 96.6 Å². The van der Waals surface area contributed by atoms with Crippen molar-refractivity contribution in [1.82, 2.24) is 4.98 Å². The first-order chi connectivity index (χ1) is 6.49. The summed E-state index contributed by atoms with van der Waals surface area (Å²) in [5.41, 5.74) is 11.8. The van der Waals surface area contributed by atoms with Crippen molar-refractivity contribution in [3.05, 3.63) is 33.5 Å². The van der Waals surface area contributed by atoms with E-state index < -0.39 is 6.04 Å². The lowest BCUT2D eigenvalue weighted by atomic mass is 10.2. The molecule has 0 bridgehead atoms. The summed E-state index contributed by atoms with van der Waals surface area (Å²) in [6.45, 7) is 3.52. The lowest BCUT2D eigenvalue weighted by Gasteiger charge is -2.11. The summed E-state index contributed by atoms with van der Waals surface area (Å²) in [4.78, 5) is 3.93. The summed E-state index contributed by atoms with van der Waals surface area (Å²) in [7, 11) is 0. The summed E-state index contributed by atoms with van der Waals surface area (Å²) in [6.07, 6.45) is 1.48. The van der Waals surface area contributed by atoms with Crippen LogP contribution >= 0.6 is 34.8 Å². The quantitative estimate of drug-likeness (QED) is 0.628. The molecule has 0 radical (unpaired) electrons. The number of anilines is 1. The Morgan fingerprint density at radius 1 is 1.29 bits per heavy atom. The van der Waals surface area contributed by atoms with Gasteiger partial charge in [0.2, 0.25) is 0 Å². The Kier molecular flexibility index (Phi) is 3.61. The van der Waals surface area contributed by atoms with Crippen LogP contribution in [0.3, 0.4) is 0 Å². The molecule has 0 aliphatic rings. The largest absolute Gasteiger partial charge is 0.396 e. The Morgan fingerprint density at radius 2 is 1.86 bits per heavy atom. The van der Waals surface area contributed by atoms with Crippen LogP contribution in [-0.2, 0) is 0 Å². The van der Waals surface area contributed by atoms with E-state index in [0.29, 0.717) is 5.69 Å². The van der Waals surface area contributed by atoms with Crippen molar-refractivity contribution >= 4 is 40.5 Å².